The van der Waals surface area contributed by atoms with E-state index < -0.39 is 15.8 Å². The molecule has 7 rings (SSSR count). The van der Waals surface area contributed by atoms with E-state index in [0.717, 1.165) is 22.6 Å². The minimum atomic E-state index is -0.908. The topological polar surface area (TPSA) is 18.5 Å². The van der Waals surface area contributed by atoms with Crippen molar-refractivity contribution in [2.24, 2.45) is 0 Å². The summed E-state index contributed by atoms with van der Waals surface area (Å²) in [7, 11) is -1.82. The maximum atomic E-state index is 6.60. The minimum Gasteiger partial charge on any atom is -0.489 e. The summed E-state index contributed by atoms with van der Waals surface area (Å²) in [6.07, 6.45) is 4.09. The van der Waals surface area contributed by atoms with Crippen LogP contribution in [0.1, 0.15) is 0 Å². The van der Waals surface area contributed by atoms with Gasteiger partial charge in [0, 0.05) is 11.1 Å². The molecule has 6 aromatic carbocycles. The Kier molecular flexibility index (Phi) is 8.64. The fourth-order valence-electron chi connectivity index (χ4n) is 5.73. The minimum absolute atomic E-state index is 0.484. The van der Waals surface area contributed by atoms with E-state index in [0.29, 0.717) is 13.2 Å². The van der Waals surface area contributed by atoms with Gasteiger partial charge in [-0.05, 0) is 72.0 Å². The van der Waals surface area contributed by atoms with E-state index >= 15 is 0 Å². The number of rotatable bonds is 6. The summed E-state index contributed by atoms with van der Waals surface area (Å²) in [6, 6.07) is 56.7. The first-order valence-electron chi connectivity index (χ1n) is 14.9. The molecule has 0 unspecified atom stereocenters. The average molecular weight is 607 g/mol. The van der Waals surface area contributed by atoms with Crippen molar-refractivity contribution in [1.82, 2.24) is 0 Å². The average Bonchev–Trinajstić information content (AvgIpc) is 3.09. The standard InChI is InChI=1S/C40H32O2P2/c1-5-17-31(18-6-1)43(32-19-7-2-8-20-32)37-27-15-25-35-39(37)40-36(42-30-14-13-29-41-35)26-16-28-38(40)44(33-21-9-3-10-22-33)34-23-11-4-12-24-34/h1-28H,29-30H2. The molecule has 0 amide bonds. The number of fused-ring (bicyclic) bond motifs is 3. The first-order chi connectivity index (χ1) is 21.9. The normalized spacial score (nSPS) is 12.6. The molecule has 0 atom stereocenters. The zero-order valence-corrected chi connectivity index (χ0v) is 26.1. The van der Waals surface area contributed by atoms with Gasteiger partial charge in [-0.15, -0.1) is 0 Å². The third-order valence-electron chi connectivity index (χ3n) is 7.63. The maximum Gasteiger partial charge on any atom is 0.128 e. The van der Waals surface area contributed by atoms with Crippen LogP contribution in [0.3, 0.4) is 0 Å². The van der Waals surface area contributed by atoms with E-state index in [2.05, 4.69) is 158 Å². The van der Waals surface area contributed by atoms with Gasteiger partial charge in [0.1, 0.15) is 24.7 Å². The first-order valence-corrected chi connectivity index (χ1v) is 17.5. The van der Waals surface area contributed by atoms with Crippen LogP contribution in [0.25, 0.3) is 11.1 Å². The molecule has 1 aliphatic heterocycles. The van der Waals surface area contributed by atoms with Crippen molar-refractivity contribution in [2.45, 2.75) is 0 Å². The smallest absolute Gasteiger partial charge is 0.128 e. The molecular formula is C40H32O2P2. The molecule has 6 aromatic rings. The highest BCUT2D eigenvalue weighted by Crippen LogP contribution is 2.47. The summed E-state index contributed by atoms with van der Waals surface area (Å²) in [5.74, 6) is 1.75. The molecule has 2 nitrogen and oxygen atoms in total. The molecular weight excluding hydrogens is 574 g/mol. The summed E-state index contributed by atoms with van der Waals surface area (Å²) in [5, 5.41) is 7.71. The number of benzene rings is 6. The number of ether oxygens (including phenoxy) is 2. The summed E-state index contributed by atoms with van der Waals surface area (Å²) in [5.41, 5.74) is 2.23. The Morgan fingerprint density at radius 3 is 0.977 bits per heavy atom. The van der Waals surface area contributed by atoms with Gasteiger partial charge < -0.3 is 9.47 Å². The van der Waals surface area contributed by atoms with Gasteiger partial charge in [-0.1, -0.05) is 146 Å². The van der Waals surface area contributed by atoms with Crippen molar-refractivity contribution in [2.75, 3.05) is 13.2 Å². The molecule has 0 fully saturated rings. The third-order valence-corrected chi connectivity index (χ3v) is 12.6. The second-order valence-corrected chi connectivity index (χ2v) is 14.8. The van der Waals surface area contributed by atoms with Crippen LogP contribution in [0.15, 0.2) is 170 Å². The monoisotopic (exact) mass is 606 g/mol. The Bertz CT molecular complexity index is 1640. The van der Waals surface area contributed by atoms with Gasteiger partial charge in [0.05, 0.1) is 0 Å². The highest BCUT2D eigenvalue weighted by Gasteiger charge is 2.30. The van der Waals surface area contributed by atoms with Crippen molar-refractivity contribution >= 4 is 47.7 Å². The van der Waals surface area contributed by atoms with Gasteiger partial charge in [-0.2, -0.15) is 0 Å². The van der Waals surface area contributed by atoms with Gasteiger partial charge >= 0.3 is 0 Å². The lowest BCUT2D eigenvalue weighted by Crippen LogP contribution is -2.26. The van der Waals surface area contributed by atoms with Crippen LogP contribution >= 0.6 is 15.8 Å². The molecule has 0 aliphatic carbocycles. The van der Waals surface area contributed by atoms with Gasteiger partial charge in [0.15, 0.2) is 0 Å². The number of hydrogen-bond donors (Lipinski definition) is 0. The Hall–Kier alpha value is -4.48. The highest BCUT2D eigenvalue weighted by molar-refractivity contribution is 7.80. The molecule has 0 saturated carbocycles. The van der Waals surface area contributed by atoms with Crippen LogP contribution in [0.2, 0.25) is 0 Å². The lowest BCUT2D eigenvalue weighted by molar-refractivity contribution is 0.347. The van der Waals surface area contributed by atoms with E-state index in [1.807, 2.05) is 12.2 Å². The van der Waals surface area contributed by atoms with Crippen LogP contribution < -0.4 is 41.3 Å². The van der Waals surface area contributed by atoms with Gasteiger partial charge in [-0.3, -0.25) is 0 Å². The summed E-state index contributed by atoms with van der Waals surface area (Å²) < 4.78 is 13.2. The van der Waals surface area contributed by atoms with E-state index in [1.54, 1.807) is 0 Å². The Morgan fingerprint density at radius 1 is 0.341 bits per heavy atom. The molecule has 0 bridgehead atoms. The largest absolute Gasteiger partial charge is 0.489 e. The van der Waals surface area contributed by atoms with Gasteiger partial charge in [0.25, 0.3) is 0 Å². The van der Waals surface area contributed by atoms with E-state index in [-0.39, 0.29) is 0 Å². The van der Waals surface area contributed by atoms with Crippen molar-refractivity contribution in [3.63, 3.8) is 0 Å². The molecule has 4 heteroatoms. The van der Waals surface area contributed by atoms with Gasteiger partial charge in [0.2, 0.25) is 0 Å². The lowest BCUT2D eigenvalue weighted by Gasteiger charge is -2.29. The van der Waals surface area contributed by atoms with Crippen LogP contribution in [-0.2, 0) is 0 Å². The Labute approximate surface area is 262 Å². The van der Waals surface area contributed by atoms with E-state index in [9.17, 15) is 0 Å². The van der Waals surface area contributed by atoms with Crippen LogP contribution in [0, 0.1) is 0 Å². The number of hydrogen-bond acceptors (Lipinski definition) is 2. The van der Waals surface area contributed by atoms with Crippen LogP contribution in [0.4, 0.5) is 0 Å². The molecule has 44 heavy (non-hydrogen) atoms. The molecule has 1 aliphatic rings. The highest BCUT2D eigenvalue weighted by atomic mass is 31.1. The van der Waals surface area contributed by atoms with Gasteiger partial charge in [-0.25, -0.2) is 0 Å². The zero-order chi connectivity index (χ0) is 29.6. The second-order valence-electron chi connectivity index (χ2n) is 10.4. The molecule has 0 radical (unpaired) electrons. The molecule has 0 saturated heterocycles. The Morgan fingerprint density at radius 2 is 0.659 bits per heavy atom. The predicted molar refractivity (Wildman–Crippen MR) is 189 cm³/mol. The first kappa shape index (κ1) is 28.3. The van der Waals surface area contributed by atoms with Crippen molar-refractivity contribution < 1.29 is 9.47 Å². The quantitative estimate of drug-likeness (QED) is 0.148. The summed E-state index contributed by atoms with van der Waals surface area (Å²) in [6.45, 7) is 0.968. The van der Waals surface area contributed by atoms with Crippen LogP contribution in [0.5, 0.6) is 11.5 Å². The molecule has 0 N–H and O–H groups in total. The van der Waals surface area contributed by atoms with Crippen molar-refractivity contribution in [3.05, 3.63) is 170 Å². The van der Waals surface area contributed by atoms with E-state index in [1.165, 1.54) is 31.8 Å². The summed E-state index contributed by atoms with van der Waals surface area (Å²) in [4.78, 5) is 0. The fourth-order valence-corrected chi connectivity index (χ4v) is 10.7. The fraction of sp³-hybridized carbons (Fsp3) is 0.0500. The molecule has 0 aromatic heterocycles. The molecule has 0 spiro atoms. The van der Waals surface area contributed by atoms with E-state index in [4.69, 9.17) is 9.47 Å². The van der Waals surface area contributed by atoms with Crippen molar-refractivity contribution in [3.8, 4) is 22.6 Å². The van der Waals surface area contributed by atoms with Crippen LogP contribution in [-0.4, -0.2) is 13.2 Å². The SMILES string of the molecule is C1=CCOc2cccc(P(c3ccccc3)c3ccccc3)c2-c2c(cccc2P(c2ccccc2)c2ccccc2)OC1. The predicted octanol–water partition coefficient (Wildman–Crippen LogP) is 7.20. The molecule has 1 heterocycles. The third kappa shape index (κ3) is 5.85. The summed E-state index contributed by atoms with van der Waals surface area (Å²) >= 11 is 0. The maximum absolute atomic E-state index is 6.60. The lowest BCUT2D eigenvalue weighted by atomic mass is 10.0. The molecule has 214 valence electrons. The Balaban J connectivity index is 1.56. The van der Waals surface area contributed by atoms with Crippen molar-refractivity contribution in [1.29, 1.82) is 0 Å². The zero-order valence-electron chi connectivity index (χ0n) is 24.3. The second kappa shape index (κ2) is 13.4.